The Balaban J connectivity index is -0.000000810. The summed E-state index contributed by atoms with van der Waals surface area (Å²) in [5.41, 5.74) is 3.40. The van der Waals surface area contributed by atoms with Crippen LogP contribution in [0.5, 0.6) is 0 Å². The molecule has 0 aliphatic heterocycles. The summed E-state index contributed by atoms with van der Waals surface area (Å²) < 4.78 is 0. The second-order valence-corrected chi connectivity index (χ2v) is 3.96. The summed E-state index contributed by atoms with van der Waals surface area (Å²) in [5.74, 6) is -0.753. The van der Waals surface area contributed by atoms with Crippen LogP contribution in [0.25, 0.3) is 11.1 Å². The van der Waals surface area contributed by atoms with Crippen molar-refractivity contribution in [1.82, 2.24) is 0 Å². The van der Waals surface area contributed by atoms with Gasteiger partial charge in [0, 0.05) is 6.42 Å². The van der Waals surface area contributed by atoms with Gasteiger partial charge in [-0.25, -0.2) is 0 Å². The van der Waals surface area contributed by atoms with Gasteiger partial charge in [0.1, 0.15) is 0 Å². The maximum absolute atomic E-state index is 10.5. The van der Waals surface area contributed by atoms with Crippen molar-refractivity contribution in [2.45, 2.75) is 12.8 Å². The average molecular weight is 274 g/mol. The maximum atomic E-state index is 10.5. The van der Waals surface area contributed by atoms with Gasteiger partial charge in [-0.2, -0.15) is 0 Å². The van der Waals surface area contributed by atoms with Gasteiger partial charge >= 0.3 is 65.1 Å². The van der Waals surface area contributed by atoms with Crippen molar-refractivity contribution in [2.75, 3.05) is 0 Å². The van der Waals surface area contributed by atoms with Crippen molar-refractivity contribution in [3.63, 3.8) is 0 Å². The molecule has 0 aromatic heterocycles. The van der Waals surface area contributed by atoms with Gasteiger partial charge in [-0.1, -0.05) is 54.6 Å². The third kappa shape index (κ3) is 6.26. The van der Waals surface area contributed by atoms with Crippen molar-refractivity contribution < 1.29 is 71.9 Å². The van der Waals surface area contributed by atoms with Crippen molar-refractivity contribution in [1.29, 1.82) is 0 Å². The Morgan fingerprint density at radius 2 is 1.42 bits per heavy atom. The molecule has 0 heterocycles. The van der Waals surface area contributed by atoms with Gasteiger partial charge in [-0.05, 0) is 23.1 Å². The first-order valence-electron chi connectivity index (χ1n) is 5.62. The second kappa shape index (κ2) is 9.76. The molecule has 0 spiro atoms. The summed E-state index contributed by atoms with van der Waals surface area (Å²) >= 11 is 0. The molecule has 0 aliphatic rings. The Morgan fingerprint density at radius 3 is 1.95 bits per heavy atom. The van der Waals surface area contributed by atoms with Crippen molar-refractivity contribution in [2.24, 2.45) is 0 Å². The van der Waals surface area contributed by atoms with Crippen LogP contribution in [0.2, 0.25) is 0 Å². The normalized spacial score (nSPS) is 9.05. The predicted octanol–water partition coefficient (Wildman–Crippen LogP) is -2.40. The van der Waals surface area contributed by atoms with Crippen LogP contribution < -0.4 is 59.1 Å². The van der Waals surface area contributed by atoms with Crippen LogP contribution in [0.15, 0.2) is 54.6 Å². The Labute approximate surface area is 160 Å². The molecule has 0 radical (unpaired) electrons. The van der Waals surface area contributed by atoms with Gasteiger partial charge in [-0.3, -0.25) is 4.79 Å². The smallest absolute Gasteiger partial charge is 1.00 e. The fourth-order valence-electron chi connectivity index (χ4n) is 1.75. The zero-order valence-electron chi connectivity index (χ0n) is 13.5. The van der Waals surface area contributed by atoms with E-state index in [1.165, 1.54) is 5.56 Å². The van der Waals surface area contributed by atoms with Gasteiger partial charge in [0.25, 0.3) is 0 Å². The molecule has 0 atom stereocenters. The van der Waals surface area contributed by atoms with Crippen molar-refractivity contribution in [3.05, 3.63) is 60.2 Å². The fourth-order valence-corrected chi connectivity index (χ4v) is 1.75. The van der Waals surface area contributed by atoms with Gasteiger partial charge < -0.3 is 7.96 Å². The molecule has 0 fully saturated rings. The molecular weight excluding hydrogens is 258 g/mol. The van der Waals surface area contributed by atoms with Crippen molar-refractivity contribution >= 4 is 5.97 Å². The summed E-state index contributed by atoms with van der Waals surface area (Å²) in [6, 6.07) is 18.2. The monoisotopic (exact) mass is 274 g/mol. The summed E-state index contributed by atoms with van der Waals surface area (Å²) in [6.07, 6.45) is 0.773. The Morgan fingerprint density at radius 1 is 0.895 bits per heavy atom. The first-order chi connectivity index (χ1) is 8.25. The molecule has 0 amide bonds. The molecule has 2 rings (SSSR count). The van der Waals surface area contributed by atoms with E-state index in [-0.39, 0.29) is 68.4 Å². The topological polar surface area (TPSA) is 37.3 Å². The second-order valence-electron chi connectivity index (χ2n) is 3.96. The molecule has 4 heteroatoms. The molecule has 0 unspecified atom stereocenters. The number of hydrogen-bond acceptors (Lipinski definition) is 1. The van der Waals surface area contributed by atoms with Crippen LogP contribution in [-0.2, 0) is 11.2 Å². The van der Waals surface area contributed by atoms with Crippen LogP contribution in [0.1, 0.15) is 14.8 Å². The Bertz CT molecular complexity index is 505. The number of hydrogen-bond donors (Lipinski definition) is 1. The number of carbonyl (C=O) groups is 1. The van der Waals surface area contributed by atoms with E-state index in [9.17, 15) is 4.79 Å². The van der Waals surface area contributed by atoms with Crippen LogP contribution in [0.3, 0.4) is 0 Å². The zero-order valence-corrected chi connectivity index (χ0v) is 15.5. The third-order valence-corrected chi connectivity index (χ3v) is 2.69. The standard InChI is InChI=1S/C15H14O2.2Na.2H/c16-15(17)11-8-12-6-9-14(10-7-12)13-4-2-1-3-5-13;;;;/h1-7,9-10H,8,11H2,(H,16,17);;;;/q;2*+1;2*-1. The predicted molar refractivity (Wildman–Crippen MR) is 70.1 cm³/mol. The van der Waals surface area contributed by atoms with Gasteiger partial charge in [0.15, 0.2) is 0 Å². The fraction of sp³-hybridized carbons (Fsp3) is 0.133. The van der Waals surface area contributed by atoms with Crippen LogP contribution in [0, 0.1) is 0 Å². The average Bonchev–Trinajstić information content (AvgIpc) is 2.38. The maximum Gasteiger partial charge on any atom is 1.00 e. The minimum absolute atomic E-state index is 0. The zero-order chi connectivity index (χ0) is 12.1. The number of carboxylic acid groups (broad SMARTS) is 1. The van der Waals surface area contributed by atoms with Gasteiger partial charge in [0.2, 0.25) is 0 Å². The van der Waals surface area contributed by atoms with Crippen molar-refractivity contribution in [3.8, 4) is 11.1 Å². The molecule has 0 saturated heterocycles. The number of rotatable bonds is 4. The number of carboxylic acids is 1. The first-order valence-corrected chi connectivity index (χ1v) is 5.62. The van der Waals surface area contributed by atoms with Crippen LogP contribution >= 0.6 is 0 Å². The molecule has 90 valence electrons. The molecule has 1 N–H and O–H groups in total. The minimum atomic E-state index is -0.753. The van der Waals surface area contributed by atoms with E-state index in [0.717, 1.165) is 11.1 Å². The molecular formula is C15H16Na2O2. The molecule has 2 aromatic carbocycles. The largest absolute Gasteiger partial charge is 1.00 e. The number of aliphatic carboxylic acids is 1. The summed E-state index contributed by atoms with van der Waals surface area (Å²) in [6.45, 7) is 0. The van der Waals surface area contributed by atoms with Gasteiger partial charge in [0.05, 0.1) is 0 Å². The van der Waals surface area contributed by atoms with E-state index in [1.807, 2.05) is 42.5 Å². The molecule has 0 bridgehead atoms. The van der Waals surface area contributed by atoms with E-state index in [0.29, 0.717) is 6.42 Å². The number of aryl methyl sites for hydroxylation is 1. The molecule has 2 nitrogen and oxygen atoms in total. The number of benzene rings is 2. The third-order valence-electron chi connectivity index (χ3n) is 2.69. The van der Waals surface area contributed by atoms with E-state index >= 15 is 0 Å². The molecule has 0 aliphatic carbocycles. The van der Waals surface area contributed by atoms with E-state index in [4.69, 9.17) is 5.11 Å². The van der Waals surface area contributed by atoms with E-state index in [1.54, 1.807) is 0 Å². The van der Waals surface area contributed by atoms with Gasteiger partial charge in [-0.15, -0.1) is 0 Å². The van der Waals surface area contributed by atoms with Crippen LogP contribution in [0.4, 0.5) is 0 Å². The molecule has 2 aromatic rings. The quantitative estimate of drug-likeness (QED) is 0.631. The first kappa shape index (κ1) is 18.9. The summed E-state index contributed by atoms with van der Waals surface area (Å²) in [5, 5.41) is 8.61. The molecule has 19 heavy (non-hydrogen) atoms. The SMILES string of the molecule is O=C(O)CCc1ccc(-c2ccccc2)cc1.[H-].[H-].[Na+].[Na+]. The Kier molecular flexibility index (Phi) is 9.71. The van der Waals surface area contributed by atoms with Crippen LogP contribution in [-0.4, -0.2) is 11.1 Å². The van der Waals surface area contributed by atoms with E-state index in [2.05, 4.69) is 12.1 Å². The molecule has 0 saturated carbocycles. The van der Waals surface area contributed by atoms with E-state index < -0.39 is 5.97 Å². The summed E-state index contributed by atoms with van der Waals surface area (Å²) in [7, 11) is 0. The summed E-state index contributed by atoms with van der Waals surface area (Å²) in [4.78, 5) is 10.5. The Hall–Kier alpha value is -0.0900. The minimum Gasteiger partial charge on any atom is -1.00 e.